The molecular weight excluding hydrogens is 218 g/mol. The number of aliphatic carboxylic acids is 1. The molecule has 2 aliphatic rings. The highest BCUT2D eigenvalue weighted by Crippen LogP contribution is 2.59. The molecule has 1 N–H and O–H groups in total. The molecule has 1 saturated heterocycles. The molecule has 0 aromatic rings. The third-order valence-electron chi connectivity index (χ3n) is 4.45. The fourth-order valence-corrected chi connectivity index (χ4v) is 2.99. The normalized spacial score (nSPS) is 32.3. The molecule has 2 fully saturated rings. The van der Waals surface area contributed by atoms with Gasteiger partial charge in [0.05, 0.1) is 11.8 Å². The lowest BCUT2D eigenvalue weighted by Crippen LogP contribution is -2.39. The maximum atomic E-state index is 12.3. The van der Waals surface area contributed by atoms with Crippen LogP contribution in [-0.2, 0) is 9.59 Å². The zero-order valence-corrected chi connectivity index (χ0v) is 10.8. The smallest absolute Gasteiger partial charge is 0.307 e. The lowest BCUT2D eigenvalue weighted by molar-refractivity contribution is -0.142. The van der Waals surface area contributed by atoms with Crippen molar-refractivity contribution in [3.63, 3.8) is 0 Å². The first-order valence-electron chi connectivity index (χ1n) is 6.37. The summed E-state index contributed by atoms with van der Waals surface area (Å²) >= 11 is 0. The summed E-state index contributed by atoms with van der Waals surface area (Å²) in [5.41, 5.74) is -0.369. The minimum Gasteiger partial charge on any atom is -0.481 e. The molecule has 0 bridgehead atoms. The number of nitrogens with zero attached hydrogens (tertiary/aromatic N) is 1. The monoisotopic (exact) mass is 239 g/mol. The van der Waals surface area contributed by atoms with Crippen LogP contribution in [0.2, 0.25) is 0 Å². The van der Waals surface area contributed by atoms with Gasteiger partial charge in [-0.05, 0) is 24.2 Å². The van der Waals surface area contributed by atoms with Crippen LogP contribution in [0.3, 0.4) is 0 Å². The second kappa shape index (κ2) is 4.00. The summed E-state index contributed by atoms with van der Waals surface area (Å²) < 4.78 is 0. The topological polar surface area (TPSA) is 57.6 Å². The van der Waals surface area contributed by atoms with Gasteiger partial charge in [0.2, 0.25) is 5.91 Å². The van der Waals surface area contributed by atoms with Crippen LogP contribution in [0, 0.1) is 23.2 Å². The average Bonchev–Trinajstić information content (AvgIpc) is 2.82. The summed E-state index contributed by atoms with van der Waals surface area (Å²) in [6.45, 7) is 7.53. The summed E-state index contributed by atoms with van der Waals surface area (Å²) in [4.78, 5) is 25.2. The SMILES string of the molecule is CC1CCN(C(=O)[C@H]2[C@H](C(=O)O)C2(C)C)CC1. The van der Waals surface area contributed by atoms with E-state index in [9.17, 15) is 9.59 Å². The van der Waals surface area contributed by atoms with E-state index >= 15 is 0 Å². The quantitative estimate of drug-likeness (QED) is 0.796. The van der Waals surface area contributed by atoms with Gasteiger partial charge in [0, 0.05) is 13.1 Å². The largest absolute Gasteiger partial charge is 0.481 e. The predicted octanol–water partition coefficient (Wildman–Crippen LogP) is 1.60. The van der Waals surface area contributed by atoms with E-state index in [2.05, 4.69) is 6.92 Å². The van der Waals surface area contributed by atoms with E-state index in [1.807, 2.05) is 18.7 Å². The first-order valence-corrected chi connectivity index (χ1v) is 6.37. The molecule has 1 amide bonds. The molecule has 2 rings (SSSR count). The summed E-state index contributed by atoms with van der Waals surface area (Å²) in [6, 6.07) is 0. The lowest BCUT2D eigenvalue weighted by Gasteiger charge is -2.30. The Bertz CT molecular complexity index is 343. The van der Waals surface area contributed by atoms with Crippen LogP contribution >= 0.6 is 0 Å². The van der Waals surface area contributed by atoms with E-state index in [0.29, 0.717) is 5.92 Å². The molecule has 0 radical (unpaired) electrons. The Morgan fingerprint density at radius 3 is 2.12 bits per heavy atom. The summed E-state index contributed by atoms with van der Waals surface area (Å²) in [5.74, 6) is -0.905. The van der Waals surface area contributed by atoms with Gasteiger partial charge >= 0.3 is 5.97 Å². The Labute approximate surface area is 102 Å². The third kappa shape index (κ3) is 2.05. The van der Waals surface area contributed by atoms with Crippen LogP contribution in [0.4, 0.5) is 0 Å². The van der Waals surface area contributed by atoms with Crippen molar-refractivity contribution in [3.8, 4) is 0 Å². The fourth-order valence-electron chi connectivity index (χ4n) is 2.99. The first kappa shape index (κ1) is 12.4. The number of likely N-dealkylation sites (tertiary alicyclic amines) is 1. The molecule has 0 unspecified atom stereocenters. The van der Waals surface area contributed by atoms with Crippen LogP contribution in [-0.4, -0.2) is 35.0 Å². The van der Waals surface area contributed by atoms with E-state index in [-0.39, 0.29) is 17.2 Å². The van der Waals surface area contributed by atoms with Crippen molar-refractivity contribution in [2.24, 2.45) is 23.2 Å². The summed E-state index contributed by atoms with van der Waals surface area (Å²) in [5, 5.41) is 9.08. The van der Waals surface area contributed by atoms with Crippen LogP contribution in [0.15, 0.2) is 0 Å². The fraction of sp³-hybridized carbons (Fsp3) is 0.846. The molecule has 0 aromatic carbocycles. The summed E-state index contributed by atoms with van der Waals surface area (Å²) in [6.07, 6.45) is 2.08. The Balaban J connectivity index is 2.00. The zero-order chi connectivity index (χ0) is 12.8. The van der Waals surface area contributed by atoms with Crippen molar-refractivity contribution in [2.75, 3.05) is 13.1 Å². The number of piperidine rings is 1. The molecule has 1 aliphatic carbocycles. The van der Waals surface area contributed by atoms with E-state index in [1.165, 1.54) is 0 Å². The second-order valence-corrected chi connectivity index (χ2v) is 6.12. The van der Waals surface area contributed by atoms with Crippen molar-refractivity contribution in [3.05, 3.63) is 0 Å². The van der Waals surface area contributed by atoms with Gasteiger partial charge in [0.25, 0.3) is 0 Å². The maximum absolute atomic E-state index is 12.3. The van der Waals surface area contributed by atoms with Crippen LogP contribution in [0.1, 0.15) is 33.6 Å². The van der Waals surface area contributed by atoms with Gasteiger partial charge in [0.15, 0.2) is 0 Å². The summed E-state index contributed by atoms with van der Waals surface area (Å²) in [7, 11) is 0. The average molecular weight is 239 g/mol. The molecule has 2 atom stereocenters. The lowest BCUT2D eigenvalue weighted by atomic mass is 9.98. The second-order valence-electron chi connectivity index (χ2n) is 6.12. The van der Waals surface area contributed by atoms with Crippen molar-refractivity contribution < 1.29 is 14.7 Å². The van der Waals surface area contributed by atoms with Crippen LogP contribution < -0.4 is 0 Å². The van der Waals surface area contributed by atoms with E-state index in [1.54, 1.807) is 0 Å². The van der Waals surface area contributed by atoms with Gasteiger partial charge in [-0.1, -0.05) is 20.8 Å². The standard InChI is InChI=1S/C13H21NO3/c1-8-4-6-14(7-5-8)11(15)9-10(12(16)17)13(9,2)3/h8-10H,4-7H2,1-3H3,(H,16,17)/t9-,10-/m1/s1. The van der Waals surface area contributed by atoms with Crippen molar-refractivity contribution in [2.45, 2.75) is 33.6 Å². The van der Waals surface area contributed by atoms with Crippen molar-refractivity contribution in [1.29, 1.82) is 0 Å². The van der Waals surface area contributed by atoms with Gasteiger partial charge in [0.1, 0.15) is 0 Å². The number of amides is 1. The van der Waals surface area contributed by atoms with E-state index in [0.717, 1.165) is 25.9 Å². The number of rotatable bonds is 2. The molecule has 1 heterocycles. The molecule has 96 valence electrons. The zero-order valence-electron chi connectivity index (χ0n) is 10.8. The molecule has 17 heavy (non-hydrogen) atoms. The van der Waals surface area contributed by atoms with Gasteiger partial charge < -0.3 is 10.0 Å². The Kier molecular flexibility index (Phi) is 2.92. The molecule has 0 spiro atoms. The van der Waals surface area contributed by atoms with Gasteiger partial charge in [-0.3, -0.25) is 9.59 Å². The number of carboxylic acid groups (broad SMARTS) is 1. The van der Waals surface area contributed by atoms with Crippen LogP contribution in [0.5, 0.6) is 0 Å². The molecule has 4 heteroatoms. The molecular formula is C13H21NO3. The van der Waals surface area contributed by atoms with Gasteiger partial charge in [-0.15, -0.1) is 0 Å². The van der Waals surface area contributed by atoms with Gasteiger partial charge in [-0.2, -0.15) is 0 Å². The number of hydrogen-bond donors (Lipinski definition) is 1. The third-order valence-corrected chi connectivity index (χ3v) is 4.45. The number of carbonyl (C=O) groups excluding carboxylic acids is 1. The number of carbonyl (C=O) groups is 2. The minimum absolute atomic E-state index is 0.0503. The van der Waals surface area contributed by atoms with Crippen molar-refractivity contribution in [1.82, 2.24) is 4.90 Å². The molecule has 0 aromatic heterocycles. The predicted molar refractivity (Wildman–Crippen MR) is 63.4 cm³/mol. The molecule has 1 saturated carbocycles. The van der Waals surface area contributed by atoms with Gasteiger partial charge in [-0.25, -0.2) is 0 Å². The number of hydrogen-bond acceptors (Lipinski definition) is 2. The van der Waals surface area contributed by atoms with E-state index < -0.39 is 11.9 Å². The maximum Gasteiger partial charge on any atom is 0.307 e. The Morgan fingerprint density at radius 1 is 1.18 bits per heavy atom. The molecule has 1 aliphatic heterocycles. The highest BCUT2D eigenvalue weighted by molar-refractivity contribution is 5.91. The van der Waals surface area contributed by atoms with E-state index in [4.69, 9.17) is 5.11 Å². The van der Waals surface area contributed by atoms with Crippen molar-refractivity contribution >= 4 is 11.9 Å². The first-order chi connectivity index (χ1) is 7.85. The van der Waals surface area contributed by atoms with Crippen LogP contribution in [0.25, 0.3) is 0 Å². The Morgan fingerprint density at radius 2 is 1.71 bits per heavy atom. The Hall–Kier alpha value is -1.06. The molecule has 4 nitrogen and oxygen atoms in total. The number of carboxylic acids is 1. The highest BCUT2D eigenvalue weighted by Gasteiger charge is 2.66. The minimum atomic E-state index is -0.835. The highest BCUT2D eigenvalue weighted by atomic mass is 16.4.